The molecule has 0 aromatic heterocycles. The van der Waals surface area contributed by atoms with Gasteiger partial charge in [-0.05, 0) is 19.9 Å². The fourth-order valence-electron chi connectivity index (χ4n) is 1.01. The number of allylic oxidation sites excluding steroid dienone is 4. The second-order valence-electron chi connectivity index (χ2n) is 3.61. The maximum Gasteiger partial charge on any atom is 0.0369 e. The molecule has 0 spiro atoms. The third-order valence-corrected chi connectivity index (χ3v) is 1.65. The van der Waals surface area contributed by atoms with E-state index in [0.29, 0.717) is 0 Å². The Hall–Kier alpha value is -1.11. The molecule has 72 valence electrons. The van der Waals surface area contributed by atoms with E-state index in [0.717, 1.165) is 5.71 Å². The summed E-state index contributed by atoms with van der Waals surface area (Å²) in [6.45, 7) is 11.9. The van der Waals surface area contributed by atoms with Crippen LogP contribution in [-0.2, 0) is 0 Å². The third-order valence-electron chi connectivity index (χ3n) is 1.65. The molecule has 0 aliphatic heterocycles. The molecule has 0 aliphatic rings. The molecule has 0 amide bonds. The first-order valence-corrected chi connectivity index (χ1v) is 4.50. The molecular weight excluding hydrogens is 158 g/mol. The molecular formula is C12H19N. The fraction of sp³-hybridized carbons (Fsp3) is 0.417. The zero-order chi connectivity index (χ0) is 10.3. The van der Waals surface area contributed by atoms with E-state index in [4.69, 9.17) is 0 Å². The van der Waals surface area contributed by atoms with Crippen LogP contribution in [0.25, 0.3) is 0 Å². The Morgan fingerprint density at radius 2 is 1.92 bits per heavy atom. The van der Waals surface area contributed by atoms with Crippen LogP contribution in [0.2, 0.25) is 0 Å². The van der Waals surface area contributed by atoms with Crippen molar-refractivity contribution in [2.24, 2.45) is 10.4 Å². The predicted octanol–water partition coefficient (Wildman–Crippen LogP) is 3.75. The van der Waals surface area contributed by atoms with Crippen LogP contribution in [0.5, 0.6) is 0 Å². The van der Waals surface area contributed by atoms with Crippen molar-refractivity contribution in [1.82, 2.24) is 0 Å². The molecule has 0 aliphatic carbocycles. The second-order valence-corrected chi connectivity index (χ2v) is 3.61. The van der Waals surface area contributed by atoms with E-state index in [9.17, 15) is 0 Å². The molecule has 0 aromatic rings. The molecule has 0 fully saturated rings. The lowest BCUT2D eigenvalue weighted by atomic mass is 9.92. The Balaban J connectivity index is 4.41. The van der Waals surface area contributed by atoms with Gasteiger partial charge in [0.25, 0.3) is 0 Å². The lowest BCUT2D eigenvalue weighted by Gasteiger charge is -2.13. The molecule has 0 saturated carbocycles. The maximum atomic E-state index is 4.06. The van der Waals surface area contributed by atoms with E-state index in [-0.39, 0.29) is 5.41 Å². The fourth-order valence-corrected chi connectivity index (χ4v) is 1.01. The van der Waals surface area contributed by atoms with E-state index in [1.807, 2.05) is 19.9 Å². The molecule has 0 aromatic carbocycles. The average molecular weight is 177 g/mol. The van der Waals surface area contributed by atoms with Crippen molar-refractivity contribution >= 4 is 5.71 Å². The normalized spacial score (nSPS) is 14.3. The molecule has 0 radical (unpaired) electrons. The summed E-state index contributed by atoms with van der Waals surface area (Å²) in [5.41, 5.74) is 1.08. The summed E-state index contributed by atoms with van der Waals surface area (Å²) in [4.78, 5) is 4.06. The Morgan fingerprint density at radius 1 is 1.31 bits per heavy atom. The van der Waals surface area contributed by atoms with Gasteiger partial charge in [-0.1, -0.05) is 38.7 Å². The van der Waals surface area contributed by atoms with Gasteiger partial charge in [0.1, 0.15) is 0 Å². The molecule has 0 heterocycles. The highest BCUT2D eigenvalue weighted by Crippen LogP contribution is 2.18. The van der Waals surface area contributed by atoms with Crippen molar-refractivity contribution in [2.45, 2.75) is 27.7 Å². The largest absolute Gasteiger partial charge is 0.262 e. The smallest absolute Gasteiger partial charge is 0.0369 e. The van der Waals surface area contributed by atoms with Crippen molar-refractivity contribution in [3.05, 3.63) is 37.1 Å². The van der Waals surface area contributed by atoms with Crippen LogP contribution < -0.4 is 0 Å². The minimum Gasteiger partial charge on any atom is -0.262 e. The van der Waals surface area contributed by atoms with Gasteiger partial charge in [-0.25, -0.2) is 0 Å². The zero-order valence-electron chi connectivity index (χ0n) is 9.04. The maximum absolute atomic E-state index is 4.06. The van der Waals surface area contributed by atoms with Crippen molar-refractivity contribution in [3.63, 3.8) is 0 Å². The summed E-state index contributed by atoms with van der Waals surface area (Å²) in [5.74, 6) is 0. The highest BCUT2D eigenvalue weighted by Gasteiger charge is 2.07. The summed E-state index contributed by atoms with van der Waals surface area (Å²) in [7, 11) is 0. The van der Waals surface area contributed by atoms with Crippen LogP contribution in [0, 0.1) is 5.41 Å². The van der Waals surface area contributed by atoms with Crippen LogP contribution in [0.1, 0.15) is 27.7 Å². The van der Waals surface area contributed by atoms with Gasteiger partial charge in [0.2, 0.25) is 0 Å². The Kier molecular flexibility index (Phi) is 5.05. The van der Waals surface area contributed by atoms with E-state index in [1.54, 1.807) is 6.20 Å². The lowest BCUT2D eigenvalue weighted by Crippen LogP contribution is -2.02. The highest BCUT2D eigenvalue weighted by atomic mass is 14.7. The first-order valence-electron chi connectivity index (χ1n) is 4.50. The summed E-state index contributed by atoms with van der Waals surface area (Å²) in [6.07, 6.45) is 9.92. The SMILES string of the molecule is C=CN=C(C)/C=C\C(C)(C)/C=C\C. The lowest BCUT2D eigenvalue weighted by molar-refractivity contribution is 0.625. The monoisotopic (exact) mass is 177 g/mol. The molecule has 0 rings (SSSR count). The highest BCUT2D eigenvalue weighted by molar-refractivity contribution is 5.93. The third kappa shape index (κ3) is 6.09. The van der Waals surface area contributed by atoms with Crippen molar-refractivity contribution in [2.75, 3.05) is 0 Å². The van der Waals surface area contributed by atoms with Gasteiger partial charge in [-0.2, -0.15) is 0 Å². The topological polar surface area (TPSA) is 12.4 Å². The van der Waals surface area contributed by atoms with Crippen LogP contribution in [-0.4, -0.2) is 5.71 Å². The molecule has 0 unspecified atom stereocenters. The average Bonchev–Trinajstić information content (AvgIpc) is 2.02. The Morgan fingerprint density at radius 3 is 2.38 bits per heavy atom. The minimum absolute atomic E-state index is 0.104. The zero-order valence-corrected chi connectivity index (χ0v) is 9.04. The predicted molar refractivity (Wildman–Crippen MR) is 61.0 cm³/mol. The Bertz CT molecular complexity index is 242. The van der Waals surface area contributed by atoms with Gasteiger partial charge in [0, 0.05) is 17.3 Å². The molecule has 0 bridgehead atoms. The van der Waals surface area contributed by atoms with Gasteiger partial charge in [0.15, 0.2) is 0 Å². The first kappa shape index (κ1) is 11.9. The van der Waals surface area contributed by atoms with Gasteiger partial charge < -0.3 is 0 Å². The molecule has 0 N–H and O–H groups in total. The number of hydrogen-bond acceptors (Lipinski definition) is 1. The van der Waals surface area contributed by atoms with Gasteiger partial charge >= 0.3 is 0 Å². The van der Waals surface area contributed by atoms with Crippen LogP contribution in [0.3, 0.4) is 0 Å². The first-order chi connectivity index (χ1) is 6.02. The summed E-state index contributed by atoms with van der Waals surface area (Å²) < 4.78 is 0. The van der Waals surface area contributed by atoms with Crippen LogP contribution >= 0.6 is 0 Å². The molecule has 1 heteroatoms. The Labute approximate surface area is 81.6 Å². The standard InChI is InChI=1S/C12H19N/c1-6-9-12(4,5)10-8-11(3)13-7-2/h6-10H,2H2,1,3-5H3/b9-6-,10-8-,13-11?. The van der Waals surface area contributed by atoms with E-state index in [2.05, 4.69) is 43.6 Å². The number of rotatable bonds is 4. The van der Waals surface area contributed by atoms with E-state index in [1.165, 1.54) is 0 Å². The van der Waals surface area contributed by atoms with Crippen LogP contribution in [0.4, 0.5) is 0 Å². The number of aliphatic imine (C=N–C) groups is 1. The molecule has 1 nitrogen and oxygen atoms in total. The van der Waals surface area contributed by atoms with Gasteiger partial charge in [-0.15, -0.1) is 0 Å². The van der Waals surface area contributed by atoms with E-state index >= 15 is 0 Å². The molecule has 0 atom stereocenters. The summed E-state index contributed by atoms with van der Waals surface area (Å²) >= 11 is 0. The van der Waals surface area contributed by atoms with Gasteiger partial charge in [-0.3, -0.25) is 4.99 Å². The van der Waals surface area contributed by atoms with Crippen molar-refractivity contribution in [3.8, 4) is 0 Å². The summed E-state index contributed by atoms with van der Waals surface area (Å²) in [5, 5.41) is 0. The van der Waals surface area contributed by atoms with Gasteiger partial charge in [0.05, 0.1) is 0 Å². The number of nitrogens with zero attached hydrogens (tertiary/aromatic N) is 1. The van der Waals surface area contributed by atoms with Crippen molar-refractivity contribution < 1.29 is 0 Å². The van der Waals surface area contributed by atoms with Crippen LogP contribution in [0.15, 0.2) is 42.1 Å². The van der Waals surface area contributed by atoms with E-state index < -0.39 is 0 Å². The summed E-state index contributed by atoms with van der Waals surface area (Å²) in [6, 6.07) is 0. The quantitative estimate of drug-likeness (QED) is 0.458. The molecule has 13 heavy (non-hydrogen) atoms. The number of hydrogen-bond donors (Lipinski definition) is 0. The second kappa shape index (κ2) is 5.52. The minimum atomic E-state index is 0.104. The van der Waals surface area contributed by atoms with Crippen molar-refractivity contribution in [1.29, 1.82) is 0 Å². The molecule has 0 saturated heterocycles.